The summed E-state index contributed by atoms with van der Waals surface area (Å²) >= 11 is 0. The molecular weight excluding hydrogens is 234 g/mol. The zero-order chi connectivity index (χ0) is 13.1. The Morgan fingerprint density at radius 2 is 2.06 bits per heavy atom. The minimum absolute atomic E-state index is 0.273. The summed E-state index contributed by atoms with van der Waals surface area (Å²) in [4.78, 5) is 23.2. The maximum absolute atomic E-state index is 11.7. The van der Waals surface area contributed by atoms with E-state index in [-0.39, 0.29) is 5.82 Å². The summed E-state index contributed by atoms with van der Waals surface area (Å²) in [6, 6.07) is 8.76. The smallest absolute Gasteiger partial charge is 0.333 e. The fourth-order valence-corrected chi connectivity index (χ4v) is 1.46. The molecule has 7 nitrogen and oxygen atoms in total. The first-order valence-electron chi connectivity index (χ1n) is 5.35. The van der Waals surface area contributed by atoms with Crippen molar-refractivity contribution >= 4 is 6.03 Å². The predicted molar refractivity (Wildman–Crippen MR) is 65.5 cm³/mol. The molecule has 0 saturated carbocycles. The molecule has 3 N–H and O–H groups in total. The van der Waals surface area contributed by atoms with Gasteiger partial charge in [-0.25, -0.2) is 9.59 Å². The molecule has 7 heteroatoms. The molecule has 1 heterocycles. The van der Waals surface area contributed by atoms with Crippen LogP contribution in [0.25, 0.3) is 0 Å². The van der Waals surface area contributed by atoms with Crippen LogP contribution in [0.4, 0.5) is 4.79 Å². The van der Waals surface area contributed by atoms with Crippen molar-refractivity contribution in [2.24, 2.45) is 0 Å². The molecule has 2 aromatic rings. The number of benzene rings is 1. The molecule has 1 amide bonds. The number of nitrogen functional groups attached to an aromatic ring is 1. The third-order valence-corrected chi connectivity index (χ3v) is 2.46. The van der Waals surface area contributed by atoms with E-state index >= 15 is 0 Å². The molecule has 0 spiro atoms. The number of nitrogens with two attached hydrogens (primary N) is 1. The van der Waals surface area contributed by atoms with Crippen molar-refractivity contribution in [2.45, 2.75) is 13.5 Å². The maximum atomic E-state index is 11.7. The normalized spacial score (nSPS) is 10.3. The molecule has 1 aromatic heterocycles. The standard InChI is InChI=1S/C11H13N5O2/c1-8-14-16(11(18)15(8)12)10(17)13-7-9-5-3-2-4-6-9/h2-6H,7,12H2,1H3,(H,13,17). The number of rotatable bonds is 2. The average Bonchev–Trinajstić information content (AvgIpc) is 2.65. The summed E-state index contributed by atoms with van der Waals surface area (Å²) in [6.45, 7) is 1.87. The fourth-order valence-electron chi connectivity index (χ4n) is 1.46. The number of carbonyl (C=O) groups is 1. The Morgan fingerprint density at radius 3 is 2.61 bits per heavy atom. The number of carbonyl (C=O) groups excluding carboxylic acids is 1. The van der Waals surface area contributed by atoms with Crippen LogP contribution in [0.5, 0.6) is 0 Å². The summed E-state index contributed by atoms with van der Waals surface area (Å²) in [5.74, 6) is 5.66. The van der Waals surface area contributed by atoms with Gasteiger partial charge in [0.15, 0.2) is 5.82 Å². The van der Waals surface area contributed by atoms with Crippen LogP contribution in [0.2, 0.25) is 0 Å². The lowest BCUT2D eigenvalue weighted by molar-refractivity contribution is 0.238. The highest BCUT2D eigenvalue weighted by molar-refractivity contribution is 5.75. The summed E-state index contributed by atoms with van der Waals surface area (Å²) in [6.07, 6.45) is 0. The van der Waals surface area contributed by atoms with Gasteiger partial charge in [0.05, 0.1) is 0 Å². The van der Waals surface area contributed by atoms with Crippen molar-refractivity contribution in [1.82, 2.24) is 19.8 Å². The number of aryl methyl sites for hydroxylation is 1. The van der Waals surface area contributed by atoms with Crippen molar-refractivity contribution in [3.63, 3.8) is 0 Å². The number of amides is 1. The number of hydrogen-bond acceptors (Lipinski definition) is 4. The molecule has 94 valence electrons. The molecule has 0 fully saturated rings. The van der Waals surface area contributed by atoms with E-state index in [0.29, 0.717) is 11.2 Å². The second-order valence-electron chi connectivity index (χ2n) is 3.76. The maximum Gasteiger partial charge on any atom is 0.373 e. The number of nitrogens with one attached hydrogen (secondary N) is 1. The SMILES string of the molecule is Cc1nn(C(=O)NCc2ccccc2)c(=O)n1N. The molecule has 18 heavy (non-hydrogen) atoms. The van der Waals surface area contributed by atoms with Crippen LogP contribution in [0.3, 0.4) is 0 Å². The van der Waals surface area contributed by atoms with Crippen LogP contribution in [0.1, 0.15) is 11.4 Å². The van der Waals surface area contributed by atoms with Crippen molar-refractivity contribution < 1.29 is 4.79 Å². The van der Waals surface area contributed by atoms with E-state index in [1.54, 1.807) is 6.92 Å². The largest absolute Gasteiger partial charge is 0.373 e. The van der Waals surface area contributed by atoms with E-state index in [0.717, 1.165) is 10.2 Å². The van der Waals surface area contributed by atoms with Crippen LogP contribution in [0, 0.1) is 6.92 Å². The van der Waals surface area contributed by atoms with E-state index in [9.17, 15) is 9.59 Å². The molecule has 0 aliphatic heterocycles. The third kappa shape index (κ3) is 2.24. The van der Waals surface area contributed by atoms with Gasteiger partial charge < -0.3 is 11.2 Å². The second kappa shape index (κ2) is 4.74. The van der Waals surface area contributed by atoms with Gasteiger partial charge in [-0.2, -0.15) is 4.68 Å². The molecular formula is C11H13N5O2. The Hall–Kier alpha value is -2.57. The zero-order valence-corrected chi connectivity index (χ0v) is 9.83. The fraction of sp³-hybridized carbons (Fsp3) is 0.182. The van der Waals surface area contributed by atoms with Gasteiger partial charge in [0.2, 0.25) is 0 Å². The van der Waals surface area contributed by atoms with Crippen LogP contribution >= 0.6 is 0 Å². The Morgan fingerprint density at radius 1 is 1.39 bits per heavy atom. The van der Waals surface area contributed by atoms with Crippen molar-refractivity contribution in [1.29, 1.82) is 0 Å². The lowest BCUT2D eigenvalue weighted by Gasteiger charge is -2.03. The topological polar surface area (TPSA) is 94.9 Å². The summed E-state index contributed by atoms with van der Waals surface area (Å²) in [7, 11) is 0. The Balaban J connectivity index is 2.09. The van der Waals surface area contributed by atoms with Crippen LogP contribution in [-0.2, 0) is 6.54 Å². The quantitative estimate of drug-likeness (QED) is 0.720. The predicted octanol–water partition coefficient (Wildman–Crippen LogP) is -0.175. The average molecular weight is 247 g/mol. The first-order chi connectivity index (χ1) is 8.59. The first kappa shape index (κ1) is 11.9. The van der Waals surface area contributed by atoms with E-state index in [1.165, 1.54) is 0 Å². The number of aromatic nitrogens is 3. The summed E-state index contributed by atoms with van der Waals surface area (Å²) < 4.78 is 1.53. The summed E-state index contributed by atoms with van der Waals surface area (Å²) in [5, 5.41) is 6.34. The van der Waals surface area contributed by atoms with Gasteiger partial charge in [0, 0.05) is 6.54 Å². The highest BCUT2D eigenvalue weighted by Crippen LogP contribution is 1.97. The lowest BCUT2D eigenvalue weighted by Crippen LogP contribution is -2.39. The van der Waals surface area contributed by atoms with E-state index < -0.39 is 11.7 Å². The third-order valence-electron chi connectivity index (χ3n) is 2.46. The van der Waals surface area contributed by atoms with E-state index in [2.05, 4.69) is 10.4 Å². The highest BCUT2D eigenvalue weighted by atomic mass is 16.2. The van der Waals surface area contributed by atoms with Gasteiger partial charge in [0.25, 0.3) is 0 Å². The molecule has 0 saturated heterocycles. The Kier molecular flexibility index (Phi) is 3.13. The van der Waals surface area contributed by atoms with E-state index in [4.69, 9.17) is 5.84 Å². The number of nitrogens with zero attached hydrogens (tertiary/aromatic N) is 3. The molecule has 0 unspecified atom stereocenters. The molecule has 0 aliphatic rings. The second-order valence-corrected chi connectivity index (χ2v) is 3.76. The van der Waals surface area contributed by atoms with E-state index in [1.807, 2.05) is 30.3 Å². The Labute approximate surface area is 103 Å². The zero-order valence-electron chi connectivity index (χ0n) is 9.83. The van der Waals surface area contributed by atoms with Crippen molar-refractivity contribution in [2.75, 3.05) is 5.84 Å². The summed E-state index contributed by atoms with van der Waals surface area (Å²) in [5.41, 5.74) is 0.265. The minimum Gasteiger partial charge on any atom is -0.333 e. The number of hydrogen-bond donors (Lipinski definition) is 2. The lowest BCUT2D eigenvalue weighted by atomic mass is 10.2. The van der Waals surface area contributed by atoms with Crippen molar-refractivity contribution in [3.8, 4) is 0 Å². The first-order valence-corrected chi connectivity index (χ1v) is 5.35. The van der Waals surface area contributed by atoms with Crippen LogP contribution < -0.4 is 16.8 Å². The monoisotopic (exact) mass is 247 g/mol. The van der Waals surface area contributed by atoms with Crippen LogP contribution in [-0.4, -0.2) is 20.5 Å². The van der Waals surface area contributed by atoms with Gasteiger partial charge in [-0.1, -0.05) is 30.3 Å². The molecule has 1 aromatic carbocycles. The van der Waals surface area contributed by atoms with Gasteiger partial charge in [-0.3, -0.25) is 0 Å². The van der Waals surface area contributed by atoms with Gasteiger partial charge in [-0.05, 0) is 12.5 Å². The molecule has 0 aliphatic carbocycles. The van der Waals surface area contributed by atoms with Gasteiger partial charge in [0.1, 0.15) is 0 Å². The highest BCUT2D eigenvalue weighted by Gasteiger charge is 2.13. The molecule has 2 rings (SSSR count). The van der Waals surface area contributed by atoms with Gasteiger partial charge in [-0.15, -0.1) is 9.78 Å². The van der Waals surface area contributed by atoms with Crippen LogP contribution in [0.15, 0.2) is 35.1 Å². The molecule has 0 bridgehead atoms. The minimum atomic E-state index is -0.668. The molecule has 0 atom stereocenters. The van der Waals surface area contributed by atoms with Crippen molar-refractivity contribution in [3.05, 3.63) is 52.2 Å². The van der Waals surface area contributed by atoms with Gasteiger partial charge >= 0.3 is 11.7 Å². The molecule has 0 radical (unpaired) electrons. The Bertz CT molecular complexity index is 614.